The van der Waals surface area contributed by atoms with Gasteiger partial charge in [0.05, 0.1) is 17.5 Å². The summed E-state index contributed by atoms with van der Waals surface area (Å²) >= 11 is 0. The van der Waals surface area contributed by atoms with Gasteiger partial charge in [0.2, 0.25) is 0 Å². The zero-order chi connectivity index (χ0) is 17.8. The molecule has 0 fully saturated rings. The number of hydrogen-bond acceptors (Lipinski definition) is 3. The summed E-state index contributed by atoms with van der Waals surface area (Å²) in [5, 5.41) is 6.73. The van der Waals surface area contributed by atoms with Gasteiger partial charge in [-0.2, -0.15) is 5.10 Å². The van der Waals surface area contributed by atoms with Crippen LogP contribution in [-0.4, -0.2) is 27.2 Å². The van der Waals surface area contributed by atoms with E-state index >= 15 is 0 Å². The van der Waals surface area contributed by atoms with E-state index in [2.05, 4.69) is 22.0 Å². The molecule has 5 nitrogen and oxygen atoms in total. The second-order valence-electron chi connectivity index (χ2n) is 5.20. The van der Waals surface area contributed by atoms with E-state index in [1.165, 1.54) is 23.1 Å². The number of carbonyl (C=O) groups is 1. The van der Waals surface area contributed by atoms with E-state index in [9.17, 15) is 13.6 Å². The Morgan fingerprint density at radius 3 is 2.76 bits per heavy atom. The fraction of sp³-hybridized carbons (Fsp3) is 0.0556. The molecule has 1 N–H and O–H groups in total. The molecule has 0 aliphatic rings. The van der Waals surface area contributed by atoms with Crippen LogP contribution in [0.4, 0.5) is 8.78 Å². The summed E-state index contributed by atoms with van der Waals surface area (Å²) in [6.45, 7) is 3.90. The van der Waals surface area contributed by atoms with Crippen molar-refractivity contribution in [3.05, 3.63) is 78.8 Å². The fourth-order valence-corrected chi connectivity index (χ4v) is 2.22. The van der Waals surface area contributed by atoms with Crippen LogP contribution in [-0.2, 0) is 0 Å². The smallest absolute Gasteiger partial charge is 0.253 e. The Morgan fingerprint density at radius 1 is 1.24 bits per heavy atom. The molecule has 25 heavy (non-hydrogen) atoms. The van der Waals surface area contributed by atoms with Gasteiger partial charge in [0, 0.05) is 30.6 Å². The Balaban J connectivity index is 1.82. The molecule has 0 radical (unpaired) electrons. The van der Waals surface area contributed by atoms with Gasteiger partial charge in [-0.15, -0.1) is 6.58 Å². The van der Waals surface area contributed by atoms with Crippen molar-refractivity contribution < 1.29 is 13.6 Å². The second kappa shape index (κ2) is 7.04. The van der Waals surface area contributed by atoms with Gasteiger partial charge in [0.15, 0.2) is 5.82 Å². The summed E-state index contributed by atoms with van der Waals surface area (Å²) in [7, 11) is 0. The van der Waals surface area contributed by atoms with E-state index in [4.69, 9.17) is 0 Å². The highest BCUT2D eigenvalue weighted by atomic mass is 19.1. The summed E-state index contributed by atoms with van der Waals surface area (Å²) in [4.78, 5) is 16.0. The maximum absolute atomic E-state index is 13.8. The monoisotopic (exact) mass is 340 g/mol. The molecule has 0 atom stereocenters. The van der Waals surface area contributed by atoms with Crippen LogP contribution in [0.25, 0.3) is 16.9 Å². The van der Waals surface area contributed by atoms with Crippen LogP contribution >= 0.6 is 0 Å². The first-order valence-corrected chi connectivity index (χ1v) is 7.44. The Morgan fingerprint density at radius 2 is 2.08 bits per heavy atom. The third kappa shape index (κ3) is 3.60. The molecule has 0 bridgehead atoms. The van der Waals surface area contributed by atoms with Crippen molar-refractivity contribution in [3.8, 4) is 16.9 Å². The minimum Gasteiger partial charge on any atom is -0.349 e. The van der Waals surface area contributed by atoms with Crippen molar-refractivity contribution in [2.45, 2.75) is 0 Å². The summed E-state index contributed by atoms with van der Waals surface area (Å²) in [6.07, 6.45) is 6.13. The van der Waals surface area contributed by atoms with Crippen LogP contribution in [0.1, 0.15) is 10.4 Å². The highest BCUT2D eigenvalue weighted by Gasteiger charge is 2.10. The lowest BCUT2D eigenvalue weighted by molar-refractivity contribution is 0.0957. The highest BCUT2D eigenvalue weighted by Crippen LogP contribution is 2.20. The van der Waals surface area contributed by atoms with Crippen LogP contribution in [0.15, 0.2) is 61.6 Å². The zero-order valence-electron chi connectivity index (χ0n) is 13.1. The molecule has 0 aliphatic heterocycles. The molecular weight excluding hydrogens is 326 g/mol. The van der Waals surface area contributed by atoms with Crippen molar-refractivity contribution in [2.24, 2.45) is 0 Å². The van der Waals surface area contributed by atoms with Gasteiger partial charge >= 0.3 is 0 Å². The number of benzene rings is 1. The number of nitrogens with one attached hydrogen (secondary N) is 1. The number of rotatable bonds is 5. The van der Waals surface area contributed by atoms with Gasteiger partial charge in [-0.05, 0) is 24.3 Å². The third-order valence-electron chi connectivity index (χ3n) is 3.47. The Labute approximate surface area is 142 Å². The predicted molar refractivity (Wildman–Crippen MR) is 89.2 cm³/mol. The van der Waals surface area contributed by atoms with Gasteiger partial charge < -0.3 is 5.32 Å². The first-order valence-electron chi connectivity index (χ1n) is 7.44. The van der Waals surface area contributed by atoms with Gasteiger partial charge in [0.25, 0.3) is 5.91 Å². The quantitative estimate of drug-likeness (QED) is 0.726. The molecule has 0 saturated carbocycles. The van der Waals surface area contributed by atoms with Crippen molar-refractivity contribution in [1.29, 1.82) is 0 Å². The Kier molecular flexibility index (Phi) is 4.65. The summed E-state index contributed by atoms with van der Waals surface area (Å²) in [5.74, 6) is -1.61. The average Bonchev–Trinajstić information content (AvgIpc) is 3.09. The van der Waals surface area contributed by atoms with Crippen LogP contribution in [0.2, 0.25) is 0 Å². The summed E-state index contributed by atoms with van der Waals surface area (Å²) in [6, 6.07) is 6.57. The van der Waals surface area contributed by atoms with E-state index in [0.717, 1.165) is 12.1 Å². The predicted octanol–water partition coefficient (Wildman–Crippen LogP) is 3.13. The van der Waals surface area contributed by atoms with Crippen LogP contribution in [0.3, 0.4) is 0 Å². The topological polar surface area (TPSA) is 59.8 Å². The first-order chi connectivity index (χ1) is 12.1. The van der Waals surface area contributed by atoms with Gasteiger partial charge in [-0.1, -0.05) is 6.08 Å². The van der Waals surface area contributed by atoms with Crippen LogP contribution in [0.5, 0.6) is 0 Å². The minimum absolute atomic E-state index is 0.132. The van der Waals surface area contributed by atoms with E-state index in [0.29, 0.717) is 23.4 Å². The molecule has 1 amide bonds. The Bertz CT molecular complexity index is 919. The lowest BCUT2D eigenvalue weighted by Crippen LogP contribution is -2.23. The van der Waals surface area contributed by atoms with E-state index in [1.807, 2.05) is 0 Å². The number of carbonyl (C=O) groups excluding carboxylic acids is 1. The third-order valence-corrected chi connectivity index (χ3v) is 3.47. The SMILES string of the molecule is C=CCNC(=O)c1ccc(-c2cnn(-c3ccc(F)cc3F)c2)nc1. The molecule has 7 heteroatoms. The first kappa shape index (κ1) is 16.5. The van der Waals surface area contributed by atoms with Crippen LogP contribution in [0, 0.1) is 11.6 Å². The lowest BCUT2D eigenvalue weighted by atomic mass is 10.2. The summed E-state index contributed by atoms with van der Waals surface area (Å²) < 4.78 is 28.1. The largest absolute Gasteiger partial charge is 0.349 e. The molecule has 0 saturated heterocycles. The van der Waals surface area contributed by atoms with Crippen molar-refractivity contribution >= 4 is 5.91 Å². The van der Waals surface area contributed by atoms with Crippen molar-refractivity contribution in [2.75, 3.05) is 6.54 Å². The molecule has 1 aromatic carbocycles. The van der Waals surface area contributed by atoms with Gasteiger partial charge in [0.1, 0.15) is 11.5 Å². The highest BCUT2D eigenvalue weighted by molar-refractivity contribution is 5.94. The number of nitrogens with zero attached hydrogens (tertiary/aromatic N) is 3. The molecule has 0 aliphatic carbocycles. The number of pyridine rings is 1. The normalized spacial score (nSPS) is 10.5. The average molecular weight is 340 g/mol. The van der Waals surface area contributed by atoms with Gasteiger partial charge in [-0.25, -0.2) is 13.5 Å². The van der Waals surface area contributed by atoms with Gasteiger partial charge in [-0.3, -0.25) is 9.78 Å². The molecule has 2 heterocycles. The van der Waals surface area contributed by atoms with E-state index in [-0.39, 0.29) is 11.6 Å². The number of amides is 1. The zero-order valence-corrected chi connectivity index (χ0v) is 13.1. The molecule has 0 unspecified atom stereocenters. The summed E-state index contributed by atoms with van der Waals surface area (Å²) in [5.41, 5.74) is 1.77. The molecule has 0 spiro atoms. The Hall–Kier alpha value is -3.35. The standard InChI is InChI=1S/C18H14F2N4O/c1-2-7-21-18(25)12-3-5-16(22-9-12)13-10-23-24(11-13)17-6-4-14(19)8-15(17)20/h2-6,8-11H,1,7H2,(H,21,25). The second-order valence-corrected chi connectivity index (χ2v) is 5.20. The van der Waals surface area contributed by atoms with E-state index < -0.39 is 11.6 Å². The van der Waals surface area contributed by atoms with Crippen molar-refractivity contribution in [3.63, 3.8) is 0 Å². The van der Waals surface area contributed by atoms with E-state index in [1.54, 1.807) is 24.4 Å². The maximum Gasteiger partial charge on any atom is 0.253 e. The number of halogens is 2. The van der Waals surface area contributed by atoms with Crippen LogP contribution < -0.4 is 5.32 Å². The fourth-order valence-electron chi connectivity index (χ4n) is 2.22. The number of hydrogen-bond donors (Lipinski definition) is 1. The number of aromatic nitrogens is 3. The molecule has 3 aromatic rings. The minimum atomic E-state index is -0.711. The molecule has 126 valence electrons. The molecular formula is C18H14F2N4O. The molecule has 3 rings (SSSR count). The maximum atomic E-state index is 13.8. The lowest BCUT2D eigenvalue weighted by Gasteiger charge is -2.03. The van der Waals surface area contributed by atoms with Crippen molar-refractivity contribution in [1.82, 2.24) is 20.1 Å². The molecule has 2 aromatic heterocycles.